The van der Waals surface area contributed by atoms with E-state index in [9.17, 15) is 10.1 Å². The van der Waals surface area contributed by atoms with Crippen LogP contribution in [-0.4, -0.2) is 26.8 Å². The van der Waals surface area contributed by atoms with Crippen molar-refractivity contribution >= 4 is 5.97 Å². The fraction of sp³-hybridized carbons (Fsp3) is 0.267. The highest BCUT2D eigenvalue weighted by Crippen LogP contribution is 2.47. The SMILES string of the molecule is COc1cccc(C2C(C#N)=C(N)Oc3cc(OC(=O)COc4ccc(C(C)(C)C)cc4)ccc32)c1OC. The highest BCUT2D eigenvalue weighted by Gasteiger charge is 2.33. The van der Waals surface area contributed by atoms with Gasteiger partial charge in [-0.2, -0.15) is 5.26 Å². The molecule has 0 bridgehead atoms. The quantitative estimate of drug-likeness (QED) is 0.338. The van der Waals surface area contributed by atoms with Gasteiger partial charge in [0, 0.05) is 17.2 Å². The Bertz CT molecular complexity index is 1410. The van der Waals surface area contributed by atoms with E-state index in [0.717, 1.165) is 0 Å². The van der Waals surface area contributed by atoms with Crippen LogP contribution in [0.2, 0.25) is 0 Å². The van der Waals surface area contributed by atoms with E-state index < -0.39 is 11.9 Å². The minimum atomic E-state index is -0.576. The lowest BCUT2D eigenvalue weighted by atomic mass is 9.83. The van der Waals surface area contributed by atoms with Crippen molar-refractivity contribution in [1.82, 2.24) is 0 Å². The maximum atomic E-state index is 12.5. The van der Waals surface area contributed by atoms with Crippen LogP contribution in [0.5, 0.6) is 28.7 Å². The van der Waals surface area contributed by atoms with Crippen LogP contribution in [0.25, 0.3) is 0 Å². The predicted molar refractivity (Wildman–Crippen MR) is 142 cm³/mol. The number of benzene rings is 3. The van der Waals surface area contributed by atoms with Gasteiger partial charge in [-0.05, 0) is 35.2 Å². The first-order valence-corrected chi connectivity index (χ1v) is 12.0. The molecule has 0 saturated heterocycles. The number of ether oxygens (including phenoxy) is 5. The Morgan fingerprint density at radius 2 is 1.71 bits per heavy atom. The van der Waals surface area contributed by atoms with Crippen LogP contribution in [0.1, 0.15) is 43.4 Å². The summed E-state index contributed by atoms with van der Waals surface area (Å²) in [7, 11) is 3.07. The van der Waals surface area contributed by atoms with Crippen LogP contribution in [-0.2, 0) is 10.2 Å². The first kappa shape index (κ1) is 26.4. The first-order chi connectivity index (χ1) is 18.2. The average molecular weight is 515 g/mol. The number of para-hydroxylation sites is 1. The van der Waals surface area contributed by atoms with E-state index in [-0.39, 0.29) is 29.2 Å². The molecule has 2 N–H and O–H groups in total. The second-order valence-electron chi connectivity index (χ2n) is 9.74. The van der Waals surface area contributed by atoms with Gasteiger partial charge in [-0.3, -0.25) is 0 Å². The first-order valence-electron chi connectivity index (χ1n) is 12.0. The molecule has 3 aromatic carbocycles. The Morgan fingerprint density at radius 3 is 2.34 bits per heavy atom. The van der Waals surface area contributed by atoms with E-state index in [1.807, 2.05) is 36.4 Å². The zero-order valence-corrected chi connectivity index (χ0v) is 22.0. The van der Waals surface area contributed by atoms with Gasteiger partial charge in [0.15, 0.2) is 18.1 Å². The molecular weight excluding hydrogens is 484 g/mol. The maximum Gasteiger partial charge on any atom is 0.349 e. The van der Waals surface area contributed by atoms with Crippen molar-refractivity contribution in [3.05, 3.63) is 88.8 Å². The second kappa shape index (κ2) is 10.8. The number of carbonyl (C=O) groups excluding carboxylic acids is 1. The summed E-state index contributed by atoms with van der Waals surface area (Å²) >= 11 is 0. The van der Waals surface area contributed by atoms with Crippen molar-refractivity contribution in [2.75, 3.05) is 20.8 Å². The third kappa shape index (κ3) is 5.37. The van der Waals surface area contributed by atoms with Gasteiger partial charge in [0.2, 0.25) is 5.88 Å². The average Bonchev–Trinajstić information content (AvgIpc) is 2.90. The molecular formula is C30H30N2O6. The normalized spacial score (nSPS) is 14.6. The molecule has 196 valence electrons. The molecule has 0 aliphatic carbocycles. The number of rotatable bonds is 7. The summed E-state index contributed by atoms with van der Waals surface area (Å²) < 4.78 is 27.9. The molecule has 1 atom stereocenters. The van der Waals surface area contributed by atoms with Crippen LogP contribution in [0.15, 0.2) is 72.1 Å². The van der Waals surface area contributed by atoms with Crippen molar-refractivity contribution < 1.29 is 28.5 Å². The van der Waals surface area contributed by atoms with Crippen LogP contribution >= 0.6 is 0 Å². The fourth-order valence-electron chi connectivity index (χ4n) is 4.31. The van der Waals surface area contributed by atoms with E-state index in [1.54, 1.807) is 31.4 Å². The molecule has 38 heavy (non-hydrogen) atoms. The van der Waals surface area contributed by atoms with Gasteiger partial charge >= 0.3 is 5.97 Å². The molecule has 0 aromatic heterocycles. The van der Waals surface area contributed by atoms with Crippen molar-refractivity contribution in [2.45, 2.75) is 32.1 Å². The standard InChI is InChI=1S/C30H30N2O6/c1-30(2,3)18-9-11-19(12-10-18)36-17-26(33)37-20-13-14-21-25(15-20)38-29(32)23(16-31)27(21)22-7-6-8-24(34-4)28(22)35-5/h6-15,27H,17,32H2,1-5H3. The van der Waals surface area contributed by atoms with E-state index in [0.29, 0.717) is 34.1 Å². The summed E-state index contributed by atoms with van der Waals surface area (Å²) in [5.74, 6) is 1.00. The molecule has 1 aliphatic heterocycles. The number of nitrogens with zero attached hydrogens (tertiary/aromatic N) is 1. The lowest BCUT2D eigenvalue weighted by Gasteiger charge is -2.28. The number of hydrogen-bond donors (Lipinski definition) is 1. The second-order valence-corrected chi connectivity index (χ2v) is 9.74. The number of hydrogen-bond acceptors (Lipinski definition) is 8. The van der Waals surface area contributed by atoms with Gasteiger partial charge in [-0.15, -0.1) is 0 Å². The molecule has 0 fully saturated rings. The monoisotopic (exact) mass is 514 g/mol. The Balaban J connectivity index is 1.54. The van der Waals surface area contributed by atoms with Crippen molar-refractivity contribution in [3.63, 3.8) is 0 Å². The molecule has 0 saturated carbocycles. The van der Waals surface area contributed by atoms with Crippen LogP contribution in [0, 0.1) is 11.3 Å². The van der Waals surface area contributed by atoms with Crippen molar-refractivity contribution in [3.8, 4) is 34.8 Å². The zero-order chi connectivity index (χ0) is 27.4. The largest absolute Gasteiger partial charge is 0.493 e. The Hall–Kier alpha value is -4.64. The molecule has 3 aromatic rings. The van der Waals surface area contributed by atoms with Crippen molar-refractivity contribution in [1.29, 1.82) is 5.26 Å². The molecule has 1 unspecified atom stereocenters. The minimum absolute atomic E-state index is 0.0231. The molecule has 0 radical (unpaired) electrons. The van der Waals surface area contributed by atoms with E-state index >= 15 is 0 Å². The van der Waals surface area contributed by atoms with Crippen LogP contribution in [0.4, 0.5) is 0 Å². The van der Waals surface area contributed by atoms with Gasteiger partial charge in [-0.25, -0.2) is 4.79 Å². The minimum Gasteiger partial charge on any atom is -0.493 e. The van der Waals surface area contributed by atoms with Gasteiger partial charge in [0.1, 0.15) is 28.9 Å². The molecule has 8 nitrogen and oxygen atoms in total. The lowest BCUT2D eigenvalue weighted by molar-refractivity contribution is -0.136. The Morgan fingerprint density at radius 1 is 1.00 bits per heavy atom. The molecule has 1 heterocycles. The number of fused-ring (bicyclic) bond motifs is 1. The number of methoxy groups -OCH3 is 2. The highest BCUT2D eigenvalue weighted by atomic mass is 16.6. The van der Waals surface area contributed by atoms with Gasteiger partial charge in [-0.1, -0.05) is 51.1 Å². The summed E-state index contributed by atoms with van der Waals surface area (Å²) in [5.41, 5.74) is 8.91. The van der Waals surface area contributed by atoms with Gasteiger partial charge < -0.3 is 29.4 Å². The smallest absolute Gasteiger partial charge is 0.349 e. The molecule has 1 aliphatic rings. The number of nitriles is 1. The number of allylic oxidation sites excluding steroid dienone is 1. The van der Waals surface area contributed by atoms with Crippen LogP contribution < -0.4 is 29.4 Å². The lowest BCUT2D eigenvalue weighted by Crippen LogP contribution is -2.22. The Labute approximate surface area is 222 Å². The summed E-state index contributed by atoms with van der Waals surface area (Å²) in [6.45, 7) is 6.12. The fourth-order valence-corrected chi connectivity index (χ4v) is 4.31. The number of esters is 1. The van der Waals surface area contributed by atoms with Gasteiger partial charge in [0.05, 0.1) is 20.1 Å². The molecule has 0 amide bonds. The van der Waals surface area contributed by atoms with E-state index in [4.69, 9.17) is 29.4 Å². The van der Waals surface area contributed by atoms with E-state index in [2.05, 4.69) is 26.8 Å². The predicted octanol–water partition coefficient (Wildman–Crippen LogP) is 5.20. The third-order valence-corrected chi connectivity index (χ3v) is 6.24. The number of carbonyl (C=O) groups is 1. The molecule has 4 rings (SSSR count). The molecule has 8 heteroatoms. The third-order valence-electron chi connectivity index (χ3n) is 6.24. The molecule has 0 spiro atoms. The highest BCUT2D eigenvalue weighted by molar-refractivity contribution is 5.74. The van der Waals surface area contributed by atoms with Gasteiger partial charge in [0.25, 0.3) is 0 Å². The Kier molecular flexibility index (Phi) is 7.49. The summed E-state index contributed by atoms with van der Waals surface area (Å²) in [5, 5.41) is 9.87. The summed E-state index contributed by atoms with van der Waals surface area (Å²) in [6, 6.07) is 20.1. The maximum absolute atomic E-state index is 12.5. The van der Waals surface area contributed by atoms with Crippen LogP contribution in [0.3, 0.4) is 0 Å². The summed E-state index contributed by atoms with van der Waals surface area (Å²) in [6.07, 6.45) is 0. The topological polar surface area (TPSA) is 113 Å². The summed E-state index contributed by atoms with van der Waals surface area (Å²) in [4.78, 5) is 12.5. The van der Waals surface area contributed by atoms with Crippen molar-refractivity contribution in [2.24, 2.45) is 5.73 Å². The number of nitrogens with two attached hydrogens (primary N) is 1. The zero-order valence-electron chi connectivity index (χ0n) is 22.0. The van der Waals surface area contributed by atoms with E-state index in [1.165, 1.54) is 12.7 Å².